The Kier molecular flexibility index (Phi) is 7.25. The lowest BCUT2D eigenvalue weighted by Crippen LogP contribution is -2.37. The zero-order valence-electron chi connectivity index (χ0n) is 20.9. The molecule has 35 heavy (non-hydrogen) atoms. The lowest BCUT2D eigenvalue weighted by Gasteiger charge is -2.31. The summed E-state index contributed by atoms with van der Waals surface area (Å²) in [7, 11) is 0. The van der Waals surface area contributed by atoms with Crippen molar-refractivity contribution in [3.05, 3.63) is 57.7 Å². The molecule has 3 aromatic rings. The van der Waals surface area contributed by atoms with Gasteiger partial charge >= 0.3 is 0 Å². The van der Waals surface area contributed by atoms with Crippen LogP contribution in [0.4, 0.5) is 5.82 Å². The summed E-state index contributed by atoms with van der Waals surface area (Å²) in [6.45, 7) is 11.5. The summed E-state index contributed by atoms with van der Waals surface area (Å²) in [6.07, 6.45) is 1.74. The van der Waals surface area contributed by atoms with Crippen LogP contribution in [0.25, 0.3) is 0 Å². The molecule has 1 aliphatic heterocycles. The van der Waals surface area contributed by atoms with Crippen molar-refractivity contribution in [2.45, 2.75) is 64.9 Å². The molecule has 2 amide bonds. The van der Waals surface area contributed by atoms with Gasteiger partial charge in [0.15, 0.2) is 5.82 Å². The van der Waals surface area contributed by atoms with Gasteiger partial charge in [-0.3, -0.25) is 14.7 Å². The maximum absolute atomic E-state index is 12.9. The van der Waals surface area contributed by atoms with Crippen molar-refractivity contribution in [3.8, 4) is 5.75 Å². The molecule has 1 fully saturated rings. The average Bonchev–Trinajstić information content (AvgIpc) is 3.49. The second-order valence-electron chi connectivity index (χ2n) is 10.2. The fourth-order valence-electron chi connectivity index (χ4n) is 3.99. The topological polar surface area (TPSA) is 100 Å². The molecule has 8 nitrogen and oxygen atoms in total. The quantitative estimate of drug-likeness (QED) is 0.488. The third-order valence-electron chi connectivity index (χ3n) is 5.99. The monoisotopic (exact) mass is 495 g/mol. The molecular weight excluding hydrogens is 462 g/mol. The summed E-state index contributed by atoms with van der Waals surface area (Å²) in [5.74, 6) is 1.26. The number of carbonyl (C=O) groups is 2. The zero-order chi connectivity index (χ0) is 25.2. The van der Waals surface area contributed by atoms with Gasteiger partial charge in [-0.1, -0.05) is 20.8 Å². The molecule has 0 radical (unpaired) electrons. The van der Waals surface area contributed by atoms with Crippen LogP contribution in [0.15, 0.2) is 35.7 Å². The number of hydrogen-bond donors (Lipinski definition) is 2. The Morgan fingerprint density at radius 3 is 2.46 bits per heavy atom. The van der Waals surface area contributed by atoms with E-state index in [0.29, 0.717) is 30.2 Å². The minimum Gasteiger partial charge on any atom is -0.491 e. The predicted octanol–water partition coefficient (Wildman–Crippen LogP) is 5.22. The van der Waals surface area contributed by atoms with Crippen LogP contribution in [0.5, 0.6) is 5.75 Å². The third kappa shape index (κ3) is 6.08. The van der Waals surface area contributed by atoms with Crippen LogP contribution in [-0.2, 0) is 5.41 Å². The molecule has 0 saturated carbocycles. The Morgan fingerprint density at radius 1 is 1.17 bits per heavy atom. The van der Waals surface area contributed by atoms with Crippen LogP contribution in [0, 0.1) is 0 Å². The Labute approximate surface area is 210 Å². The maximum atomic E-state index is 12.9. The second-order valence-corrected chi connectivity index (χ2v) is 11.1. The normalized spacial score (nSPS) is 14.9. The molecule has 1 aliphatic rings. The Hall–Kier alpha value is -3.20. The first-order valence-electron chi connectivity index (χ1n) is 12.0. The van der Waals surface area contributed by atoms with Gasteiger partial charge in [0, 0.05) is 47.1 Å². The fourth-order valence-corrected chi connectivity index (χ4v) is 4.96. The summed E-state index contributed by atoms with van der Waals surface area (Å²) < 4.78 is 5.66. The number of nitrogens with one attached hydrogen (secondary N) is 2. The molecule has 4 rings (SSSR count). The lowest BCUT2D eigenvalue weighted by atomic mass is 9.92. The van der Waals surface area contributed by atoms with Crippen molar-refractivity contribution in [2.75, 3.05) is 18.4 Å². The number of nitrogens with zero attached hydrogens (tertiary/aromatic N) is 3. The number of aromatic amines is 1. The van der Waals surface area contributed by atoms with Gasteiger partial charge in [-0.2, -0.15) is 5.10 Å². The fraction of sp³-hybridized carbons (Fsp3) is 0.462. The van der Waals surface area contributed by atoms with Crippen molar-refractivity contribution < 1.29 is 14.3 Å². The minimum atomic E-state index is -0.267. The first kappa shape index (κ1) is 24.9. The zero-order valence-corrected chi connectivity index (χ0v) is 21.7. The molecule has 0 aliphatic carbocycles. The Bertz CT molecular complexity index is 1170. The van der Waals surface area contributed by atoms with Crippen LogP contribution >= 0.6 is 11.3 Å². The van der Waals surface area contributed by atoms with Gasteiger partial charge in [0.25, 0.3) is 11.8 Å². The number of likely N-dealkylation sites (tertiary alicyclic amines) is 1. The van der Waals surface area contributed by atoms with E-state index in [-0.39, 0.29) is 29.3 Å². The molecule has 2 aromatic heterocycles. The molecule has 0 spiro atoms. The summed E-state index contributed by atoms with van der Waals surface area (Å²) in [4.78, 5) is 32.1. The van der Waals surface area contributed by atoms with E-state index in [2.05, 4.69) is 41.3 Å². The summed E-state index contributed by atoms with van der Waals surface area (Å²) in [6, 6.07) is 9.18. The lowest BCUT2D eigenvalue weighted by molar-refractivity contribution is 0.0713. The first-order valence-corrected chi connectivity index (χ1v) is 12.9. The van der Waals surface area contributed by atoms with Crippen molar-refractivity contribution in [1.82, 2.24) is 20.1 Å². The molecular formula is C26H33N5O3S. The number of rotatable bonds is 6. The van der Waals surface area contributed by atoms with Crippen molar-refractivity contribution >= 4 is 29.0 Å². The number of thiazole rings is 1. The smallest absolute Gasteiger partial charge is 0.276 e. The highest BCUT2D eigenvalue weighted by molar-refractivity contribution is 7.10. The first-order chi connectivity index (χ1) is 16.6. The van der Waals surface area contributed by atoms with E-state index in [1.54, 1.807) is 5.38 Å². The van der Waals surface area contributed by atoms with Crippen molar-refractivity contribution in [1.29, 1.82) is 0 Å². The number of amides is 2. The number of piperidine rings is 1. The number of hydrogen-bond acceptors (Lipinski definition) is 6. The summed E-state index contributed by atoms with van der Waals surface area (Å²) in [5, 5.41) is 12.7. The largest absolute Gasteiger partial charge is 0.491 e. The Balaban J connectivity index is 1.31. The maximum Gasteiger partial charge on any atom is 0.276 e. The van der Waals surface area contributed by atoms with Gasteiger partial charge in [0.05, 0.1) is 11.1 Å². The highest BCUT2D eigenvalue weighted by Crippen LogP contribution is 2.31. The second kappa shape index (κ2) is 10.2. The van der Waals surface area contributed by atoms with Gasteiger partial charge in [-0.05, 0) is 51.0 Å². The molecule has 0 unspecified atom stereocenters. The van der Waals surface area contributed by atoms with Crippen LogP contribution in [0.3, 0.4) is 0 Å². The summed E-state index contributed by atoms with van der Waals surface area (Å²) in [5.41, 5.74) is 1.94. The predicted molar refractivity (Wildman–Crippen MR) is 137 cm³/mol. The molecule has 1 aromatic carbocycles. The van der Waals surface area contributed by atoms with Gasteiger partial charge in [0.2, 0.25) is 0 Å². The number of benzene rings is 1. The molecule has 0 bridgehead atoms. The van der Waals surface area contributed by atoms with E-state index in [9.17, 15) is 9.59 Å². The van der Waals surface area contributed by atoms with Crippen LogP contribution in [0.2, 0.25) is 0 Å². The van der Waals surface area contributed by atoms with E-state index >= 15 is 0 Å². The number of H-pyrrole nitrogens is 1. The molecule has 186 valence electrons. The van der Waals surface area contributed by atoms with E-state index in [4.69, 9.17) is 4.74 Å². The molecule has 2 N–H and O–H groups in total. The van der Waals surface area contributed by atoms with Gasteiger partial charge in [-0.15, -0.1) is 11.3 Å². The van der Waals surface area contributed by atoms with E-state index in [0.717, 1.165) is 29.3 Å². The highest BCUT2D eigenvalue weighted by Gasteiger charge is 2.27. The van der Waals surface area contributed by atoms with Crippen LogP contribution in [0.1, 0.15) is 84.9 Å². The SMILES string of the molecule is CC(C)Oc1ccc(C(=O)N2CCC(c3nc(C(=O)Nc4cc(C(C)(C)C)[nH]n4)cs3)CC2)cc1. The average molecular weight is 496 g/mol. The van der Waals surface area contributed by atoms with Crippen molar-refractivity contribution in [3.63, 3.8) is 0 Å². The highest BCUT2D eigenvalue weighted by atomic mass is 32.1. The number of aromatic nitrogens is 3. The third-order valence-corrected chi connectivity index (χ3v) is 6.99. The van der Waals surface area contributed by atoms with Gasteiger partial charge in [-0.25, -0.2) is 4.98 Å². The molecule has 0 atom stereocenters. The Morgan fingerprint density at radius 2 is 1.86 bits per heavy atom. The van der Waals surface area contributed by atoms with Gasteiger partial charge in [0.1, 0.15) is 11.4 Å². The number of anilines is 1. The number of carbonyl (C=O) groups excluding carboxylic acids is 2. The molecule has 3 heterocycles. The molecule has 9 heteroatoms. The van der Waals surface area contributed by atoms with Gasteiger partial charge < -0.3 is 15.0 Å². The van der Waals surface area contributed by atoms with Crippen molar-refractivity contribution in [2.24, 2.45) is 0 Å². The standard InChI is InChI=1S/C26H33N5O3S/c1-16(2)34-19-8-6-18(7-9-19)25(33)31-12-10-17(11-13-31)24-27-20(15-35-24)23(32)28-22-14-21(29-30-22)26(3,4)5/h6-9,14-17H,10-13H2,1-5H3,(H2,28,29,30,32). The van der Waals surface area contributed by atoms with E-state index in [1.165, 1.54) is 11.3 Å². The summed E-state index contributed by atoms with van der Waals surface area (Å²) >= 11 is 1.50. The van der Waals surface area contributed by atoms with Crippen LogP contribution < -0.4 is 10.1 Å². The minimum absolute atomic E-state index is 0.0346. The van der Waals surface area contributed by atoms with E-state index < -0.39 is 0 Å². The molecule has 1 saturated heterocycles. The van der Waals surface area contributed by atoms with Crippen LogP contribution in [-0.4, -0.2) is 51.1 Å². The number of ether oxygens (including phenoxy) is 1. The van der Waals surface area contributed by atoms with E-state index in [1.807, 2.05) is 49.1 Å².